The quantitative estimate of drug-likeness (QED) is 0.630. The fourth-order valence-corrected chi connectivity index (χ4v) is 4.92. The van der Waals surface area contributed by atoms with Crippen LogP contribution in [0.15, 0.2) is 54.6 Å². The standard InChI is InChI=1S/C27H34N2O4/c1-32-24-9-5-8-22(18-24)19-27(14-10-25(30)28-27)15-11-26(31)29-16-12-23(13-17-29)33-20-21-6-3-2-4-7-21/h2-9,18,23H,10-17,19-20H2,1H3,(H,28,30). The minimum absolute atomic E-state index is 0.0710. The number of benzene rings is 2. The Kier molecular flexibility index (Phi) is 7.65. The maximum Gasteiger partial charge on any atom is 0.222 e. The molecule has 2 heterocycles. The number of carbonyl (C=O) groups is 2. The van der Waals surface area contributed by atoms with Crippen molar-refractivity contribution >= 4 is 11.8 Å². The summed E-state index contributed by atoms with van der Waals surface area (Å²) < 4.78 is 11.4. The molecule has 1 atom stereocenters. The lowest BCUT2D eigenvalue weighted by molar-refractivity contribution is -0.134. The van der Waals surface area contributed by atoms with E-state index in [0.717, 1.165) is 43.7 Å². The van der Waals surface area contributed by atoms with Gasteiger partial charge in [0.25, 0.3) is 0 Å². The van der Waals surface area contributed by atoms with Gasteiger partial charge in [0.15, 0.2) is 0 Å². The highest BCUT2D eigenvalue weighted by Crippen LogP contribution is 2.31. The Balaban J connectivity index is 1.27. The minimum atomic E-state index is -0.365. The molecule has 2 aromatic carbocycles. The molecule has 6 heteroatoms. The zero-order valence-corrected chi connectivity index (χ0v) is 19.4. The van der Waals surface area contributed by atoms with E-state index in [1.54, 1.807) is 7.11 Å². The van der Waals surface area contributed by atoms with Gasteiger partial charge in [-0.1, -0.05) is 42.5 Å². The van der Waals surface area contributed by atoms with E-state index in [1.807, 2.05) is 41.3 Å². The van der Waals surface area contributed by atoms with Crippen LogP contribution in [0.2, 0.25) is 0 Å². The van der Waals surface area contributed by atoms with Crippen molar-refractivity contribution in [3.05, 3.63) is 65.7 Å². The lowest BCUT2D eigenvalue weighted by atomic mass is 9.84. The Labute approximate surface area is 196 Å². The molecular weight excluding hydrogens is 416 g/mol. The van der Waals surface area contributed by atoms with Gasteiger partial charge in [-0.05, 0) is 55.4 Å². The summed E-state index contributed by atoms with van der Waals surface area (Å²) in [4.78, 5) is 27.0. The summed E-state index contributed by atoms with van der Waals surface area (Å²) in [5, 5.41) is 3.18. The van der Waals surface area contributed by atoms with Crippen molar-refractivity contribution in [1.82, 2.24) is 10.2 Å². The molecule has 2 aliphatic heterocycles. The van der Waals surface area contributed by atoms with Gasteiger partial charge in [-0.2, -0.15) is 0 Å². The van der Waals surface area contributed by atoms with Crippen LogP contribution in [0.3, 0.4) is 0 Å². The number of hydrogen-bond acceptors (Lipinski definition) is 4. The van der Waals surface area contributed by atoms with Gasteiger partial charge in [-0.25, -0.2) is 0 Å². The molecular formula is C27H34N2O4. The van der Waals surface area contributed by atoms with Crippen molar-refractivity contribution in [3.8, 4) is 5.75 Å². The number of likely N-dealkylation sites (tertiary alicyclic amines) is 1. The number of carbonyl (C=O) groups excluding carboxylic acids is 2. The van der Waals surface area contributed by atoms with Crippen molar-refractivity contribution in [2.75, 3.05) is 20.2 Å². The van der Waals surface area contributed by atoms with Gasteiger partial charge in [-0.3, -0.25) is 9.59 Å². The van der Waals surface area contributed by atoms with E-state index in [-0.39, 0.29) is 23.5 Å². The predicted molar refractivity (Wildman–Crippen MR) is 127 cm³/mol. The van der Waals surface area contributed by atoms with Crippen LogP contribution < -0.4 is 10.1 Å². The van der Waals surface area contributed by atoms with Gasteiger partial charge in [0.05, 0.1) is 19.8 Å². The molecule has 2 aliphatic rings. The molecule has 0 bridgehead atoms. The second-order valence-corrected chi connectivity index (χ2v) is 9.23. The van der Waals surface area contributed by atoms with Crippen LogP contribution in [0.5, 0.6) is 5.75 Å². The number of nitrogens with one attached hydrogen (secondary N) is 1. The predicted octanol–water partition coefficient (Wildman–Crippen LogP) is 3.87. The second kappa shape index (κ2) is 10.8. The number of ether oxygens (including phenoxy) is 2. The van der Waals surface area contributed by atoms with Gasteiger partial charge in [0.1, 0.15) is 5.75 Å². The van der Waals surface area contributed by atoms with E-state index >= 15 is 0 Å². The molecule has 0 aliphatic carbocycles. The van der Waals surface area contributed by atoms with Crippen molar-refractivity contribution in [3.63, 3.8) is 0 Å². The Hall–Kier alpha value is -2.86. The van der Waals surface area contributed by atoms with Gasteiger partial charge >= 0.3 is 0 Å². The summed E-state index contributed by atoms with van der Waals surface area (Å²) in [7, 11) is 1.65. The zero-order valence-electron chi connectivity index (χ0n) is 19.4. The summed E-state index contributed by atoms with van der Waals surface area (Å²) >= 11 is 0. The van der Waals surface area contributed by atoms with Gasteiger partial charge in [0, 0.05) is 31.5 Å². The number of nitrogens with zero attached hydrogens (tertiary/aromatic N) is 1. The molecule has 2 fully saturated rings. The molecule has 33 heavy (non-hydrogen) atoms. The molecule has 0 spiro atoms. The molecule has 6 nitrogen and oxygen atoms in total. The lowest BCUT2D eigenvalue weighted by Gasteiger charge is -2.34. The third-order valence-electron chi connectivity index (χ3n) is 6.85. The number of amides is 2. The Morgan fingerprint density at radius 3 is 2.55 bits per heavy atom. The molecule has 4 rings (SSSR count). The zero-order chi connectivity index (χ0) is 23.1. The highest BCUT2D eigenvalue weighted by atomic mass is 16.5. The second-order valence-electron chi connectivity index (χ2n) is 9.23. The first-order valence-electron chi connectivity index (χ1n) is 11.9. The highest BCUT2D eigenvalue weighted by Gasteiger charge is 2.38. The fraction of sp³-hybridized carbons (Fsp3) is 0.481. The van der Waals surface area contributed by atoms with Crippen LogP contribution in [0.1, 0.15) is 49.7 Å². The first-order valence-corrected chi connectivity index (χ1v) is 11.9. The molecule has 176 valence electrons. The van der Waals surface area contributed by atoms with Crippen molar-refractivity contribution < 1.29 is 19.1 Å². The van der Waals surface area contributed by atoms with Gasteiger partial charge in [-0.15, -0.1) is 0 Å². The van der Waals surface area contributed by atoms with Gasteiger partial charge in [0.2, 0.25) is 11.8 Å². The van der Waals surface area contributed by atoms with Gasteiger partial charge < -0.3 is 19.7 Å². The van der Waals surface area contributed by atoms with Crippen molar-refractivity contribution in [2.45, 2.75) is 63.2 Å². The molecule has 2 amide bonds. The third-order valence-corrected chi connectivity index (χ3v) is 6.85. The number of piperidine rings is 1. The van der Waals surface area contributed by atoms with E-state index in [0.29, 0.717) is 32.3 Å². The van der Waals surface area contributed by atoms with Crippen LogP contribution in [-0.2, 0) is 27.4 Å². The molecule has 0 saturated carbocycles. The van der Waals surface area contributed by atoms with Crippen LogP contribution in [0, 0.1) is 0 Å². The first-order chi connectivity index (χ1) is 16.0. The van der Waals surface area contributed by atoms with Crippen LogP contribution in [-0.4, -0.2) is 48.6 Å². The summed E-state index contributed by atoms with van der Waals surface area (Å²) in [6.07, 6.45) is 5.00. The van der Waals surface area contributed by atoms with Crippen LogP contribution in [0.4, 0.5) is 0 Å². The molecule has 2 saturated heterocycles. The summed E-state index contributed by atoms with van der Waals surface area (Å²) in [6.45, 7) is 2.08. The molecule has 1 unspecified atom stereocenters. The van der Waals surface area contributed by atoms with E-state index < -0.39 is 0 Å². The van der Waals surface area contributed by atoms with E-state index in [2.05, 4.69) is 23.5 Å². The maximum absolute atomic E-state index is 13.0. The maximum atomic E-state index is 13.0. The molecule has 0 radical (unpaired) electrons. The largest absolute Gasteiger partial charge is 0.497 e. The Bertz CT molecular complexity index is 940. The highest BCUT2D eigenvalue weighted by molar-refractivity contribution is 5.80. The third kappa shape index (κ3) is 6.35. The smallest absolute Gasteiger partial charge is 0.222 e. The number of rotatable bonds is 9. The fourth-order valence-electron chi connectivity index (χ4n) is 4.92. The minimum Gasteiger partial charge on any atom is -0.497 e. The van der Waals surface area contributed by atoms with E-state index in [9.17, 15) is 9.59 Å². The topological polar surface area (TPSA) is 67.9 Å². The molecule has 2 aromatic rings. The summed E-state index contributed by atoms with van der Waals surface area (Å²) in [6, 6.07) is 18.1. The SMILES string of the molecule is COc1cccc(CC2(CCC(=O)N3CCC(OCc4ccccc4)CC3)CCC(=O)N2)c1. The summed E-state index contributed by atoms with van der Waals surface area (Å²) in [5.74, 6) is 1.05. The average Bonchev–Trinajstić information content (AvgIpc) is 3.22. The number of hydrogen-bond donors (Lipinski definition) is 1. The Morgan fingerprint density at radius 2 is 1.85 bits per heavy atom. The van der Waals surface area contributed by atoms with Crippen molar-refractivity contribution in [1.29, 1.82) is 0 Å². The van der Waals surface area contributed by atoms with E-state index in [1.165, 1.54) is 5.56 Å². The first kappa shape index (κ1) is 23.3. The normalized spacial score (nSPS) is 21.1. The van der Waals surface area contributed by atoms with Crippen LogP contribution in [0.25, 0.3) is 0 Å². The number of methoxy groups -OCH3 is 1. The van der Waals surface area contributed by atoms with Crippen molar-refractivity contribution in [2.24, 2.45) is 0 Å². The van der Waals surface area contributed by atoms with Crippen LogP contribution >= 0.6 is 0 Å². The molecule has 1 N–H and O–H groups in total. The summed E-state index contributed by atoms with van der Waals surface area (Å²) in [5.41, 5.74) is 1.92. The van der Waals surface area contributed by atoms with E-state index in [4.69, 9.17) is 9.47 Å². The Morgan fingerprint density at radius 1 is 1.09 bits per heavy atom. The monoisotopic (exact) mass is 450 g/mol. The molecule has 0 aromatic heterocycles. The average molecular weight is 451 g/mol. The lowest BCUT2D eigenvalue weighted by Crippen LogP contribution is -2.46.